The molecule has 5 aromatic rings. The van der Waals surface area contributed by atoms with Crippen molar-refractivity contribution in [1.82, 2.24) is 19.1 Å². The Morgan fingerprint density at radius 2 is 1.82 bits per heavy atom. The third-order valence-electron chi connectivity index (χ3n) is 7.25. The summed E-state index contributed by atoms with van der Waals surface area (Å²) in [5.74, 6) is 0.192. The fourth-order valence-electron chi connectivity index (χ4n) is 5.09. The number of carbonyl (C=O) groups is 1. The standard InChI is InChI=1S/C29H25ClN6O3/c30-19-5-9-21(10-6-19)35-11-1-2-23(29(35)39)28(38)34-20-7-3-18(4-8-20)24-14-36(22-12-17(13-22)15-37)27-25(24)26(31)32-16-33-27/h1-11,14,16-17,22,37H,12-13,15H2,(H,34,38)(H2,31,32,33). The van der Waals surface area contributed by atoms with Gasteiger partial charge in [0.15, 0.2) is 0 Å². The predicted octanol–water partition coefficient (Wildman–Crippen LogP) is 4.68. The van der Waals surface area contributed by atoms with Crippen LogP contribution in [0.5, 0.6) is 0 Å². The number of aromatic nitrogens is 4. The van der Waals surface area contributed by atoms with Gasteiger partial charge in [-0.25, -0.2) is 9.97 Å². The number of carbonyl (C=O) groups excluding carboxylic acids is 1. The zero-order chi connectivity index (χ0) is 27.1. The Bertz CT molecular complexity index is 1740. The van der Waals surface area contributed by atoms with Gasteiger partial charge in [-0.15, -0.1) is 0 Å². The topological polar surface area (TPSA) is 128 Å². The molecule has 0 aliphatic heterocycles. The fraction of sp³-hybridized carbons (Fsp3) is 0.172. The van der Waals surface area contributed by atoms with E-state index in [0.717, 1.165) is 35.0 Å². The molecule has 0 bridgehead atoms. The van der Waals surface area contributed by atoms with Crippen molar-refractivity contribution in [3.05, 3.63) is 100 Å². The normalized spacial score (nSPS) is 16.7. The van der Waals surface area contributed by atoms with Crippen molar-refractivity contribution in [2.24, 2.45) is 5.92 Å². The number of fused-ring (bicyclic) bond motifs is 1. The van der Waals surface area contributed by atoms with Gasteiger partial charge in [-0.2, -0.15) is 0 Å². The van der Waals surface area contributed by atoms with Gasteiger partial charge in [-0.1, -0.05) is 23.7 Å². The van der Waals surface area contributed by atoms with E-state index < -0.39 is 11.5 Å². The van der Waals surface area contributed by atoms with Gasteiger partial charge in [0.1, 0.15) is 23.4 Å². The minimum Gasteiger partial charge on any atom is -0.396 e. The molecule has 39 heavy (non-hydrogen) atoms. The molecule has 3 heterocycles. The summed E-state index contributed by atoms with van der Waals surface area (Å²) in [6.07, 6.45) is 6.87. The summed E-state index contributed by atoms with van der Waals surface area (Å²) in [5.41, 5.74) is 9.54. The number of anilines is 2. The van der Waals surface area contributed by atoms with E-state index in [-0.39, 0.29) is 18.2 Å². The number of nitrogens with two attached hydrogens (primary N) is 1. The average Bonchev–Trinajstić information content (AvgIpc) is 3.30. The van der Waals surface area contributed by atoms with Crippen LogP contribution in [0, 0.1) is 5.92 Å². The minimum absolute atomic E-state index is 0.0196. The second-order valence-electron chi connectivity index (χ2n) is 9.69. The lowest BCUT2D eigenvalue weighted by molar-refractivity contribution is 0.102. The maximum Gasteiger partial charge on any atom is 0.267 e. The summed E-state index contributed by atoms with van der Waals surface area (Å²) < 4.78 is 3.52. The molecule has 1 aliphatic rings. The average molecular weight is 541 g/mol. The zero-order valence-electron chi connectivity index (χ0n) is 20.8. The summed E-state index contributed by atoms with van der Waals surface area (Å²) in [7, 11) is 0. The van der Waals surface area contributed by atoms with Crippen molar-refractivity contribution in [3.8, 4) is 16.8 Å². The highest BCUT2D eigenvalue weighted by molar-refractivity contribution is 6.30. The molecule has 0 radical (unpaired) electrons. The summed E-state index contributed by atoms with van der Waals surface area (Å²) >= 11 is 5.96. The van der Waals surface area contributed by atoms with Crippen molar-refractivity contribution in [2.45, 2.75) is 18.9 Å². The number of nitrogens with one attached hydrogen (secondary N) is 1. The van der Waals surface area contributed by atoms with Crippen molar-refractivity contribution in [2.75, 3.05) is 17.7 Å². The Morgan fingerprint density at radius 3 is 2.54 bits per heavy atom. The molecular weight excluding hydrogens is 516 g/mol. The monoisotopic (exact) mass is 540 g/mol. The lowest BCUT2D eigenvalue weighted by atomic mass is 9.81. The van der Waals surface area contributed by atoms with Crippen LogP contribution in [0.4, 0.5) is 11.5 Å². The van der Waals surface area contributed by atoms with Gasteiger partial charge in [0, 0.05) is 47.0 Å². The number of rotatable bonds is 6. The van der Waals surface area contributed by atoms with E-state index in [4.69, 9.17) is 17.3 Å². The first kappa shape index (κ1) is 24.8. The van der Waals surface area contributed by atoms with Crippen LogP contribution in [-0.2, 0) is 0 Å². The van der Waals surface area contributed by atoms with E-state index in [0.29, 0.717) is 28.1 Å². The zero-order valence-corrected chi connectivity index (χ0v) is 21.5. The van der Waals surface area contributed by atoms with E-state index in [1.54, 1.807) is 48.7 Å². The van der Waals surface area contributed by atoms with E-state index in [9.17, 15) is 14.7 Å². The number of nitrogens with zero attached hydrogens (tertiary/aromatic N) is 4. The molecule has 9 nitrogen and oxygen atoms in total. The molecule has 1 amide bonds. The predicted molar refractivity (Wildman–Crippen MR) is 151 cm³/mol. The maximum absolute atomic E-state index is 13.0. The van der Waals surface area contributed by atoms with Gasteiger partial charge in [0.2, 0.25) is 0 Å². The van der Waals surface area contributed by atoms with Gasteiger partial charge in [0.25, 0.3) is 11.5 Å². The molecule has 0 saturated heterocycles. The molecule has 2 aromatic carbocycles. The molecule has 3 aromatic heterocycles. The number of aliphatic hydroxyl groups excluding tert-OH is 1. The lowest BCUT2D eigenvalue weighted by Crippen LogP contribution is -2.28. The van der Waals surface area contributed by atoms with Crippen LogP contribution in [0.3, 0.4) is 0 Å². The molecule has 10 heteroatoms. The molecule has 1 saturated carbocycles. The summed E-state index contributed by atoms with van der Waals surface area (Å²) in [6, 6.07) is 17.5. The molecule has 4 N–H and O–H groups in total. The molecular formula is C29H25ClN6O3. The van der Waals surface area contributed by atoms with Crippen LogP contribution in [0.2, 0.25) is 5.02 Å². The van der Waals surface area contributed by atoms with Crippen LogP contribution in [0.15, 0.2) is 84.2 Å². The van der Waals surface area contributed by atoms with E-state index in [1.807, 2.05) is 18.3 Å². The summed E-state index contributed by atoms with van der Waals surface area (Å²) in [6.45, 7) is 0.185. The SMILES string of the molecule is Nc1ncnc2c1c(-c1ccc(NC(=O)c3cccn(-c4ccc(Cl)cc4)c3=O)cc1)cn2C1CC(CO)C1. The Morgan fingerprint density at radius 1 is 1.08 bits per heavy atom. The third kappa shape index (κ3) is 4.56. The van der Waals surface area contributed by atoms with Gasteiger partial charge in [0.05, 0.1) is 5.39 Å². The van der Waals surface area contributed by atoms with Crippen LogP contribution >= 0.6 is 11.6 Å². The number of hydrogen-bond donors (Lipinski definition) is 3. The van der Waals surface area contributed by atoms with E-state index >= 15 is 0 Å². The minimum atomic E-state index is -0.506. The Labute approximate surface area is 228 Å². The molecule has 0 atom stereocenters. The van der Waals surface area contributed by atoms with Gasteiger partial charge < -0.3 is 20.7 Å². The van der Waals surface area contributed by atoms with Crippen LogP contribution in [-0.4, -0.2) is 36.7 Å². The number of benzene rings is 2. The molecule has 0 spiro atoms. The smallest absolute Gasteiger partial charge is 0.267 e. The van der Waals surface area contributed by atoms with Crippen molar-refractivity contribution in [1.29, 1.82) is 0 Å². The van der Waals surface area contributed by atoms with Crippen molar-refractivity contribution < 1.29 is 9.90 Å². The van der Waals surface area contributed by atoms with Crippen molar-refractivity contribution >= 4 is 40.0 Å². The second kappa shape index (κ2) is 10.0. The molecule has 1 fully saturated rings. The first-order valence-corrected chi connectivity index (χ1v) is 12.9. The van der Waals surface area contributed by atoms with Crippen molar-refractivity contribution in [3.63, 3.8) is 0 Å². The molecule has 6 rings (SSSR count). The van der Waals surface area contributed by atoms with Gasteiger partial charge >= 0.3 is 0 Å². The van der Waals surface area contributed by atoms with Crippen LogP contribution < -0.4 is 16.6 Å². The van der Waals surface area contributed by atoms with E-state index in [2.05, 4.69) is 19.9 Å². The first-order chi connectivity index (χ1) is 18.9. The third-order valence-corrected chi connectivity index (χ3v) is 7.50. The second-order valence-corrected chi connectivity index (χ2v) is 10.1. The number of amides is 1. The van der Waals surface area contributed by atoms with Crippen LogP contribution in [0.1, 0.15) is 29.2 Å². The van der Waals surface area contributed by atoms with E-state index in [1.165, 1.54) is 17.0 Å². The highest BCUT2D eigenvalue weighted by atomic mass is 35.5. The first-order valence-electron chi connectivity index (χ1n) is 12.5. The molecule has 196 valence electrons. The number of hydrogen-bond acceptors (Lipinski definition) is 6. The maximum atomic E-state index is 13.0. The lowest BCUT2D eigenvalue weighted by Gasteiger charge is -2.35. The van der Waals surface area contributed by atoms with Gasteiger partial charge in [-0.05, 0) is 72.9 Å². The summed E-state index contributed by atoms with van der Waals surface area (Å²) in [5, 5.41) is 13.6. The molecule has 0 unspecified atom stereocenters. The Hall–Kier alpha value is -4.47. The highest BCUT2D eigenvalue weighted by Gasteiger charge is 2.32. The van der Waals surface area contributed by atoms with Gasteiger partial charge in [-0.3, -0.25) is 14.2 Å². The number of halogens is 1. The summed E-state index contributed by atoms with van der Waals surface area (Å²) in [4.78, 5) is 34.7. The number of aliphatic hydroxyl groups is 1. The Balaban J connectivity index is 1.26. The number of pyridine rings is 1. The number of nitrogen functional groups attached to an aromatic ring is 1. The fourth-order valence-corrected chi connectivity index (χ4v) is 5.21. The largest absolute Gasteiger partial charge is 0.396 e. The quantitative estimate of drug-likeness (QED) is 0.287. The highest BCUT2D eigenvalue weighted by Crippen LogP contribution is 2.42. The van der Waals surface area contributed by atoms with Crippen LogP contribution in [0.25, 0.3) is 27.8 Å². The Kier molecular flexibility index (Phi) is 6.38. The molecule has 1 aliphatic carbocycles.